The second-order valence-corrected chi connectivity index (χ2v) is 12.6. The van der Waals surface area contributed by atoms with Gasteiger partial charge in [-0.3, -0.25) is 30.2 Å². The highest BCUT2D eigenvalue weighted by Crippen LogP contribution is 2.40. The third-order valence-electron chi connectivity index (χ3n) is 9.02. The fourth-order valence-corrected chi connectivity index (χ4v) is 6.22. The number of hydrogen-bond acceptors (Lipinski definition) is 6. The molecule has 4 aromatic rings. The van der Waals surface area contributed by atoms with E-state index in [2.05, 4.69) is 37.7 Å². The summed E-state index contributed by atoms with van der Waals surface area (Å²) in [4.78, 5) is 40.0. The molecule has 0 aliphatic carbocycles. The lowest BCUT2D eigenvalue weighted by molar-refractivity contribution is -0.385. The molecule has 7 rings (SSSR count). The van der Waals surface area contributed by atoms with Crippen molar-refractivity contribution in [1.29, 1.82) is 0 Å². The van der Waals surface area contributed by atoms with E-state index < -0.39 is 20.7 Å². The van der Waals surface area contributed by atoms with Crippen molar-refractivity contribution in [3.63, 3.8) is 0 Å². The highest BCUT2D eigenvalue weighted by molar-refractivity contribution is 6.22. The maximum Gasteiger partial charge on any atom is 0.270 e. The maximum absolute atomic E-state index is 11.7. The largest absolute Gasteiger partial charge is 0.358 e. The number of rotatable bonds is 4. The SMILES string of the molecule is CC1(C)C2=N/C(=C(/c3cccc([N+](=O)[O-])c3)c3ccc([nH]3)C(C)(C)c3ccc([nH]3)/C(c3cccc([N+](=O)[O-])c3)=C3/C=CC1=N3)C=C2. The number of allylic oxidation sites excluding steroid dienone is 4. The van der Waals surface area contributed by atoms with Gasteiger partial charge in [-0.05, 0) is 87.4 Å². The van der Waals surface area contributed by atoms with Crippen molar-refractivity contribution in [2.24, 2.45) is 15.4 Å². The number of nitro groups is 2. The molecule has 5 heterocycles. The Bertz CT molecular complexity index is 2020. The first-order valence-corrected chi connectivity index (χ1v) is 14.9. The minimum atomic E-state index is -0.612. The molecule has 0 fully saturated rings. The minimum absolute atomic E-state index is 0.000377. The Hall–Kier alpha value is -5.90. The molecule has 0 saturated carbocycles. The van der Waals surface area contributed by atoms with Crippen LogP contribution < -0.4 is 0 Å². The first-order chi connectivity index (χ1) is 21.9. The summed E-state index contributed by atoms with van der Waals surface area (Å²) < 4.78 is 0. The van der Waals surface area contributed by atoms with Gasteiger partial charge in [0.15, 0.2) is 0 Å². The van der Waals surface area contributed by atoms with Gasteiger partial charge in [-0.25, -0.2) is 0 Å². The third kappa shape index (κ3) is 4.66. The summed E-state index contributed by atoms with van der Waals surface area (Å²) in [6, 6.07) is 21.2. The number of fused-ring (bicyclic) bond motifs is 6. The molecule has 0 unspecified atom stereocenters. The van der Waals surface area contributed by atoms with Gasteiger partial charge in [-0.1, -0.05) is 24.3 Å². The summed E-state index contributed by atoms with van der Waals surface area (Å²) in [5, 5.41) is 23.4. The van der Waals surface area contributed by atoms with Crippen LogP contribution in [0.2, 0.25) is 0 Å². The second-order valence-electron chi connectivity index (χ2n) is 12.6. The van der Waals surface area contributed by atoms with E-state index in [9.17, 15) is 20.2 Å². The van der Waals surface area contributed by atoms with Gasteiger partial charge in [0, 0.05) is 69.0 Å². The van der Waals surface area contributed by atoms with Gasteiger partial charge in [0.2, 0.25) is 0 Å². The summed E-state index contributed by atoms with van der Waals surface area (Å²) in [6.07, 6.45) is 7.82. The topological polar surface area (TPSA) is 143 Å². The highest BCUT2D eigenvalue weighted by Gasteiger charge is 2.34. The highest BCUT2D eigenvalue weighted by atomic mass is 16.6. The van der Waals surface area contributed by atoms with E-state index in [1.165, 1.54) is 12.1 Å². The fraction of sp³-hybridized carbons (Fsp3) is 0.167. The van der Waals surface area contributed by atoms with Gasteiger partial charge in [0.05, 0.1) is 32.7 Å². The van der Waals surface area contributed by atoms with E-state index in [1.807, 2.05) is 60.7 Å². The van der Waals surface area contributed by atoms with E-state index in [-0.39, 0.29) is 11.4 Å². The Labute approximate surface area is 264 Å². The smallest absolute Gasteiger partial charge is 0.270 e. The predicted molar refractivity (Wildman–Crippen MR) is 179 cm³/mol. The number of hydrogen-bond donors (Lipinski definition) is 2. The molecule has 0 amide bonds. The lowest BCUT2D eigenvalue weighted by Crippen LogP contribution is -2.30. The normalized spacial score (nSPS) is 20.9. The first-order valence-electron chi connectivity index (χ1n) is 14.9. The number of non-ortho nitro benzene ring substituents is 2. The summed E-state index contributed by atoms with van der Waals surface area (Å²) in [7, 11) is 0. The second kappa shape index (κ2) is 10.3. The molecule has 8 bridgehead atoms. The monoisotopic (exact) mass is 610 g/mol. The molecule has 0 spiro atoms. The van der Waals surface area contributed by atoms with Gasteiger partial charge in [0.25, 0.3) is 11.4 Å². The van der Waals surface area contributed by atoms with Crippen LogP contribution in [-0.2, 0) is 5.41 Å². The average Bonchev–Trinajstić information content (AvgIpc) is 3.85. The molecule has 0 saturated heterocycles. The van der Waals surface area contributed by atoms with Crippen LogP contribution in [0.15, 0.2) is 118 Å². The van der Waals surface area contributed by atoms with Gasteiger partial charge in [-0.15, -0.1) is 0 Å². The number of aromatic nitrogens is 2. The average molecular weight is 611 g/mol. The predicted octanol–water partition coefficient (Wildman–Crippen LogP) is 8.07. The minimum Gasteiger partial charge on any atom is -0.358 e. The zero-order valence-corrected chi connectivity index (χ0v) is 25.7. The standard InChI is InChI=1S/C36H30N6O4/c1-35(2)29-15-11-25(37-29)33(21-7-5-9-23(19-21)41(43)44)27-13-17-31(39-27)36(3,4)32-18-14-28(40-32)34(26-12-16-30(35)38-26)22-8-6-10-24(20-22)42(45)46/h5-20,37-38H,1-4H3/b33-27-,34-28-. The van der Waals surface area contributed by atoms with E-state index in [4.69, 9.17) is 9.98 Å². The van der Waals surface area contributed by atoms with Crippen LogP contribution in [0.3, 0.4) is 0 Å². The van der Waals surface area contributed by atoms with E-state index >= 15 is 0 Å². The molecule has 46 heavy (non-hydrogen) atoms. The van der Waals surface area contributed by atoms with Gasteiger partial charge in [-0.2, -0.15) is 0 Å². The van der Waals surface area contributed by atoms with Gasteiger partial charge < -0.3 is 9.97 Å². The fourth-order valence-electron chi connectivity index (χ4n) is 6.22. The van der Waals surface area contributed by atoms with Gasteiger partial charge in [0.1, 0.15) is 0 Å². The molecule has 0 radical (unpaired) electrons. The zero-order valence-electron chi connectivity index (χ0n) is 25.7. The van der Waals surface area contributed by atoms with Crippen molar-refractivity contribution >= 4 is 33.9 Å². The Morgan fingerprint density at radius 3 is 1.43 bits per heavy atom. The van der Waals surface area contributed by atoms with Crippen LogP contribution in [0.1, 0.15) is 61.6 Å². The van der Waals surface area contributed by atoms with Crippen LogP contribution in [0, 0.1) is 25.6 Å². The van der Waals surface area contributed by atoms with E-state index in [0.717, 1.165) is 45.3 Å². The molecule has 3 aliphatic heterocycles. The summed E-state index contributed by atoms with van der Waals surface area (Å²) in [5.41, 5.74) is 8.06. The van der Waals surface area contributed by atoms with Crippen molar-refractivity contribution in [3.8, 4) is 0 Å². The number of H-pyrrole nitrogens is 2. The van der Waals surface area contributed by atoms with Crippen molar-refractivity contribution in [2.75, 3.05) is 0 Å². The van der Waals surface area contributed by atoms with Crippen LogP contribution in [0.4, 0.5) is 11.4 Å². The molecule has 2 aromatic heterocycles. The summed E-state index contributed by atoms with van der Waals surface area (Å²) in [5.74, 6) is 0. The van der Waals surface area contributed by atoms with Crippen molar-refractivity contribution < 1.29 is 9.85 Å². The number of aliphatic imine (C=N–C) groups is 2. The van der Waals surface area contributed by atoms with Crippen molar-refractivity contribution in [3.05, 3.63) is 163 Å². The van der Waals surface area contributed by atoms with Crippen LogP contribution in [0.5, 0.6) is 0 Å². The molecule has 0 atom stereocenters. The Balaban J connectivity index is 1.49. The van der Waals surface area contributed by atoms with Gasteiger partial charge >= 0.3 is 0 Å². The van der Waals surface area contributed by atoms with Crippen molar-refractivity contribution in [2.45, 2.75) is 33.1 Å². The van der Waals surface area contributed by atoms with E-state index in [1.54, 1.807) is 24.3 Å². The Morgan fingerprint density at radius 1 is 0.587 bits per heavy atom. The van der Waals surface area contributed by atoms with Crippen molar-refractivity contribution in [1.82, 2.24) is 9.97 Å². The molecular formula is C36H30N6O4. The lowest BCUT2D eigenvalue weighted by Gasteiger charge is -2.24. The van der Waals surface area contributed by atoms with Crippen LogP contribution in [0.25, 0.3) is 11.1 Å². The third-order valence-corrected chi connectivity index (χ3v) is 9.02. The maximum atomic E-state index is 11.7. The number of nitrogens with one attached hydrogen (secondary N) is 2. The number of aromatic amines is 2. The molecule has 10 heteroatoms. The summed E-state index contributed by atoms with van der Waals surface area (Å²) in [6.45, 7) is 8.30. The Morgan fingerprint density at radius 2 is 1.02 bits per heavy atom. The lowest BCUT2D eigenvalue weighted by atomic mass is 9.82. The number of benzene rings is 2. The zero-order chi connectivity index (χ0) is 32.4. The summed E-state index contributed by atoms with van der Waals surface area (Å²) >= 11 is 0. The quantitative estimate of drug-likeness (QED) is 0.178. The molecule has 2 aromatic carbocycles. The first kappa shape index (κ1) is 28.8. The molecule has 3 aliphatic rings. The Kier molecular flexibility index (Phi) is 6.48. The van der Waals surface area contributed by atoms with E-state index in [0.29, 0.717) is 22.5 Å². The molecule has 2 N–H and O–H groups in total. The van der Waals surface area contributed by atoms with Crippen LogP contribution in [-0.4, -0.2) is 31.2 Å². The number of nitrogens with zero attached hydrogens (tertiary/aromatic N) is 4. The molecule has 10 nitrogen and oxygen atoms in total. The van der Waals surface area contributed by atoms with Crippen LogP contribution >= 0.6 is 0 Å². The molecular weight excluding hydrogens is 580 g/mol. The molecule has 228 valence electrons. The number of nitro benzene ring substituents is 2.